The molecule has 26 heavy (non-hydrogen) atoms. The first kappa shape index (κ1) is 17.4. The fourth-order valence-electron chi connectivity index (χ4n) is 2.98. The van der Waals surface area contributed by atoms with E-state index in [0.717, 1.165) is 5.01 Å². The van der Waals surface area contributed by atoms with Crippen molar-refractivity contribution in [1.82, 2.24) is 19.9 Å². The van der Waals surface area contributed by atoms with E-state index >= 15 is 0 Å². The molecule has 0 aromatic carbocycles. The predicted molar refractivity (Wildman–Crippen MR) is 88.9 cm³/mol. The van der Waals surface area contributed by atoms with Gasteiger partial charge in [-0.2, -0.15) is 15.0 Å². The Morgan fingerprint density at radius 2 is 1.38 bits per heavy atom. The second-order valence-corrected chi connectivity index (χ2v) is 7.83. The van der Waals surface area contributed by atoms with Crippen molar-refractivity contribution < 1.29 is 17.6 Å². The van der Waals surface area contributed by atoms with Crippen LogP contribution in [0.4, 0.5) is 29.5 Å². The number of hydrogen-bond donors (Lipinski definition) is 2. The summed E-state index contributed by atoms with van der Waals surface area (Å²) in [5, 5.41) is 8.32. The van der Waals surface area contributed by atoms with Gasteiger partial charge < -0.3 is 10.6 Å². The van der Waals surface area contributed by atoms with Gasteiger partial charge >= 0.3 is 0 Å². The highest BCUT2D eigenvalue weighted by Crippen LogP contribution is 2.40. The first-order chi connectivity index (χ1) is 12.2. The molecule has 140 valence electrons. The molecule has 6 nitrogen and oxygen atoms in total. The van der Waals surface area contributed by atoms with E-state index in [1.54, 1.807) is 5.38 Å². The maximum atomic E-state index is 13.0. The molecule has 2 aliphatic carbocycles. The van der Waals surface area contributed by atoms with Crippen LogP contribution in [0.3, 0.4) is 0 Å². The molecule has 0 spiro atoms. The Labute approximate surface area is 150 Å². The van der Waals surface area contributed by atoms with Crippen LogP contribution in [0.5, 0.6) is 0 Å². The molecule has 0 unspecified atom stereocenters. The average Bonchev–Trinajstić information content (AvgIpc) is 2.90. The van der Waals surface area contributed by atoms with E-state index in [1.807, 2.05) is 6.92 Å². The van der Waals surface area contributed by atoms with Crippen molar-refractivity contribution >= 4 is 23.2 Å². The SMILES string of the molecule is Cc1nc(-c2nc(NC3CC(F)(F)C3)nc(NC3CC(F)(F)C3)n2)cs1. The van der Waals surface area contributed by atoms with E-state index in [2.05, 4.69) is 30.6 Å². The molecule has 2 aliphatic rings. The third kappa shape index (κ3) is 3.71. The highest BCUT2D eigenvalue weighted by atomic mass is 32.1. The monoisotopic (exact) mass is 388 g/mol. The lowest BCUT2D eigenvalue weighted by atomic mass is 9.88. The Morgan fingerprint density at radius 1 is 0.885 bits per heavy atom. The molecule has 2 N–H and O–H groups in total. The zero-order valence-corrected chi connectivity index (χ0v) is 14.6. The van der Waals surface area contributed by atoms with Crippen molar-refractivity contribution in [3.8, 4) is 11.5 Å². The maximum Gasteiger partial charge on any atom is 0.252 e. The Hall–Kier alpha value is -2.04. The number of halogens is 4. The lowest BCUT2D eigenvalue weighted by molar-refractivity contribution is -0.0799. The van der Waals surface area contributed by atoms with Gasteiger partial charge in [-0.3, -0.25) is 0 Å². The second kappa shape index (κ2) is 6.00. The van der Waals surface area contributed by atoms with Gasteiger partial charge in [0.25, 0.3) is 11.8 Å². The number of aromatic nitrogens is 4. The highest BCUT2D eigenvalue weighted by molar-refractivity contribution is 7.09. The fraction of sp³-hybridized carbons (Fsp3) is 0.600. The van der Waals surface area contributed by atoms with Gasteiger partial charge in [-0.15, -0.1) is 11.3 Å². The summed E-state index contributed by atoms with van der Waals surface area (Å²) in [6, 6.07) is -0.864. The quantitative estimate of drug-likeness (QED) is 0.761. The van der Waals surface area contributed by atoms with Crippen LogP contribution < -0.4 is 10.6 Å². The topological polar surface area (TPSA) is 75.6 Å². The summed E-state index contributed by atoms with van der Waals surface area (Å²) in [5.74, 6) is -4.80. The Bertz CT molecular complexity index is 766. The van der Waals surface area contributed by atoms with Crippen molar-refractivity contribution in [2.75, 3.05) is 10.6 Å². The molecule has 2 aromatic rings. The molecule has 2 saturated carbocycles. The number of thiazole rings is 1. The molecule has 2 aromatic heterocycles. The van der Waals surface area contributed by atoms with Crippen molar-refractivity contribution in [2.45, 2.75) is 56.5 Å². The number of aryl methyl sites for hydroxylation is 1. The molecule has 0 bridgehead atoms. The van der Waals surface area contributed by atoms with Crippen LogP contribution in [0.15, 0.2) is 5.38 Å². The van der Waals surface area contributed by atoms with Crippen LogP contribution in [0.2, 0.25) is 0 Å². The van der Waals surface area contributed by atoms with E-state index in [-0.39, 0.29) is 43.4 Å². The third-order valence-corrected chi connectivity index (χ3v) is 5.10. The Morgan fingerprint density at radius 3 is 1.77 bits per heavy atom. The molecule has 0 saturated heterocycles. The van der Waals surface area contributed by atoms with Gasteiger partial charge in [-0.05, 0) is 6.92 Å². The molecule has 0 aliphatic heterocycles. The van der Waals surface area contributed by atoms with E-state index in [0.29, 0.717) is 5.69 Å². The Kier molecular flexibility index (Phi) is 4.01. The number of hydrogen-bond acceptors (Lipinski definition) is 7. The van der Waals surface area contributed by atoms with E-state index in [4.69, 9.17) is 0 Å². The zero-order chi connectivity index (χ0) is 18.5. The zero-order valence-electron chi connectivity index (χ0n) is 13.8. The van der Waals surface area contributed by atoms with Crippen LogP contribution in [0.25, 0.3) is 11.5 Å². The van der Waals surface area contributed by atoms with E-state index in [9.17, 15) is 17.6 Å². The molecule has 0 amide bonds. The summed E-state index contributed by atoms with van der Waals surface area (Å²) >= 11 is 1.42. The van der Waals surface area contributed by atoms with Gasteiger partial charge in [0, 0.05) is 43.1 Å². The minimum atomic E-state index is -2.67. The summed E-state index contributed by atoms with van der Waals surface area (Å²) in [6.07, 6.45) is -1.16. The number of nitrogens with zero attached hydrogens (tertiary/aromatic N) is 4. The van der Waals surface area contributed by atoms with E-state index in [1.165, 1.54) is 11.3 Å². The Balaban J connectivity index is 1.55. The van der Waals surface area contributed by atoms with Gasteiger partial charge in [-0.1, -0.05) is 0 Å². The number of rotatable bonds is 5. The molecule has 0 atom stereocenters. The molecular formula is C15H16F4N6S. The summed E-state index contributed by atoms with van der Waals surface area (Å²) in [4.78, 5) is 16.9. The van der Waals surface area contributed by atoms with Crippen LogP contribution in [-0.4, -0.2) is 43.9 Å². The number of alkyl halides is 4. The summed E-state index contributed by atoms with van der Waals surface area (Å²) in [7, 11) is 0. The van der Waals surface area contributed by atoms with Gasteiger partial charge in [0.2, 0.25) is 11.9 Å². The highest BCUT2D eigenvalue weighted by Gasteiger charge is 2.46. The van der Waals surface area contributed by atoms with Crippen molar-refractivity contribution in [2.24, 2.45) is 0 Å². The van der Waals surface area contributed by atoms with Crippen LogP contribution in [0, 0.1) is 6.92 Å². The summed E-state index contributed by atoms with van der Waals surface area (Å²) in [6.45, 7) is 1.83. The smallest absolute Gasteiger partial charge is 0.252 e. The predicted octanol–water partition coefficient (Wildman–Crippen LogP) is 3.72. The third-order valence-electron chi connectivity index (χ3n) is 4.33. The molecule has 2 fully saturated rings. The molecule has 0 radical (unpaired) electrons. The van der Waals surface area contributed by atoms with E-state index < -0.39 is 23.9 Å². The summed E-state index contributed by atoms with van der Waals surface area (Å²) in [5.41, 5.74) is 0.527. The largest absolute Gasteiger partial charge is 0.351 e. The first-order valence-corrected chi connectivity index (χ1v) is 9.03. The lowest BCUT2D eigenvalue weighted by Crippen LogP contribution is -2.45. The molecular weight excluding hydrogens is 372 g/mol. The fourth-order valence-corrected chi connectivity index (χ4v) is 3.57. The van der Waals surface area contributed by atoms with Gasteiger partial charge in [-0.25, -0.2) is 22.5 Å². The molecule has 11 heteroatoms. The van der Waals surface area contributed by atoms with Crippen molar-refractivity contribution in [1.29, 1.82) is 0 Å². The average molecular weight is 388 g/mol. The normalized spacial score (nSPS) is 21.7. The second-order valence-electron chi connectivity index (χ2n) is 6.77. The molecule has 4 rings (SSSR count). The van der Waals surface area contributed by atoms with Crippen LogP contribution in [-0.2, 0) is 0 Å². The lowest BCUT2D eigenvalue weighted by Gasteiger charge is -2.36. The summed E-state index contributed by atoms with van der Waals surface area (Å²) < 4.78 is 52.1. The van der Waals surface area contributed by atoms with Crippen LogP contribution in [0.1, 0.15) is 30.7 Å². The minimum Gasteiger partial charge on any atom is -0.351 e. The number of nitrogens with one attached hydrogen (secondary N) is 2. The van der Waals surface area contributed by atoms with Gasteiger partial charge in [0.1, 0.15) is 5.69 Å². The van der Waals surface area contributed by atoms with Crippen molar-refractivity contribution in [3.05, 3.63) is 10.4 Å². The number of anilines is 2. The van der Waals surface area contributed by atoms with Gasteiger partial charge in [0.05, 0.1) is 5.01 Å². The maximum absolute atomic E-state index is 13.0. The molecule has 2 heterocycles. The minimum absolute atomic E-state index is 0.134. The van der Waals surface area contributed by atoms with Crippen LogP contribution >= 0.6 is 11.3 Å². The standard InChI is InChI=1S/C15H16F4N6S/c1-7-20-10(6-26-7)11-23-12(21-8-2-14(16,17)3-8)25-13(24-11)22-9-4-15(18,19)5-9/h6,8-9H,2-5H2,1H3,(H2,21,22,23,24,25). The first-order valence-electron chi connectivity index (χ1n) is 8.15. The van der Waals surface area contributed by atoms with Crippen molar-refractivity contribution in [3.63, 3.8) is 0 Å². The van der Waals surface area contributed by atoms with Gasteiger partial charge in [0.15, 0.2) is 5.82 Å².